The zero-order valence-corrected chi connectivity index (χ0v) is 16.0. The van der Waals surface area contributed by atoms with E-state index in [1.165, 1.54) is 51.4 Å². The third-order valence-electron chi connectivity index (χ3n) is 3.89. The first-order valence-corrected chi connectivity index (χ1v) is 10.4. The average molecular weight is 352 g/mol. The van der Waals surface area contributed by atoms with Gasteiger partial charge >= 0.3 is 10.4 Å². The molecule has 0 radical (unpaired) electrons. The van der Waals surface area contributed by atoms with Gasteiger partial charge in [0.05, 0.1) is 6.10 Å². The molecule has 0 fully saturated rings. The molecule has 0 aromatic rings. The second-order valence-electron chi connectivity index (χ2n) is 7.31. The maximum Gasteiger partial charge on any atom is 0.397 e. The van der Waals surface area contributed by atoms with E-state index in [0.29, 0.717) is 12.8 Å². The molecule has 0 aliphatic heterocycles. The Morgan fingerprint density at radius 3 is 1.78 bits per heavy atom. The molecule has 0 aliphatic carbocycles. The lowest BCUT2D eigenvalue weighted by molar-refractivity contribution is 0.140. The minimum absolute atomic E-state index is 0.407. The fourth-order valence-electron chi connectivity index (χ4n) is 2.80. The number of unbranched alkanes of at least 4 members (excludes halogenated alkanes) is 9. The number of nitrogens with two attached hydrogens (primary N) is 1. The maximum atomic E-state index is 10.9. The van der Waals surface area contributed by atoms with Crippen molar-refractivity contribution in [3.8, 4) is 0 Å². The largest absolute Gasteiger partial charge is 0.397 e. The quantitative estimate of drug-likeness (QED) is 0.332. The van der Waals surface area contributed by atoms with Gasteiger partial charge in [0.1, 0.15) is 0 Å². The number of hydrogen-bond acceptors (Lipinski definition) is 4. The lowest BCUT2D eigenvalue weighted by atomic mass is 9.95. The summed E-state index contributed by atoms with van der Waals surface area (Å²) in [6.45, 7) is 5.88. The molecule has 1 unspecified atom stereocenters. The Morgan fingerprint density at radius 1 is 0.957 bits per heavy atom. The van der Waals surface area contributed by atoms with Gasteiger partial charge in [0.15, 0.2) is 0 Å². The lowest BCUT2D eigenvalue weighted by Gasteiger charge is -2.24. The fourth-order valence-corrected chi connectivity index (χ4v) is 3.31. The van der Waals surface area contributed by atoms with E-state index in [9.17, 15) is 8.42 Å². The molecule has 0 spiro atoms. The van der Waals surface area contributed by atoms with Gasteiger partial charge in [-0.1, -0.05) is 71.1 Å². The smallest absolute Gasteiger partial charge is 0.325 e. The monoisotopic (exact) mass is 351 g/mol. The first-order chi connectivity index (χ1) is 10.6. The summed E-state index contributed by atoms with van der Waals surface area (Å²) < 4.78 is 35.4. The van der Waals surface area contributed by atoms with E-state index in [1.54, 1.807) is 0 Å². The second-order valence-corrected chi connectivity index (χ2v) is 8.36. The van der Waals surface area contributed by atoms with Gasteiger partial charge < -0.3 is 5.73 Å². The van der Waals surface area contributed by atoms with Crippen LogP contribution in [-0.2, 0) is 14.6 Å². The molecule has 0 saturated carbocycles. The van der Waals surface area contributed by atoms with Gasteiger partial charge in [0, 0.05) is 5.54 Å². The summed E-state index contributed by atoms with van der Waals surface area (Å²) in [4.78, 5) is 0. The molecule has 6 heteroatoms. The van der Waals surface area contributed by atoms with Crippen LogP contribution in [0.2, 0.25) is 0 Å². The van der Waals surface area contributed by atoms with Crippen LogP contribution in [0.1, 0.15) is 97.8 Å². The summed E-state index contributed by atoms with van der Waals surface area (Å²) in [7, 11) is -4.41. The van der Waals surface area contributed by atoms with Crippen LogP contribution in [0.25, 0.3) is 0 Å². The average Bonchev–Trinajstić information content (AvgIpc) is 2.37. The van der Waals surface area contributed by atoms with Gasteiger partial charge in [-0.3, -0.25) is 4.55 Å². The van der Waals surface area contributed by atoms with Gasteiger partial charge in [-0.15, -0.1) is 0 Å². The zero-order valence-electron chi connectivity index (χ0n) is 15.2. The topological polar surface area (TPSA) is 89.6 Å². The normalized spacial score (nSPS) is 14.1. The van der Waals surface area contributed by atoms with Crippen molar-refractivity contribution in [2.45, 2.75) is 109 Å². The summed E-state index contributed by atoms with van der Waals surface area (Å²) in [6.07, 6.45) is 12.7. The third-order valence-corrected chi connectivity index (χ3v) is 4.41. The summed E-state index contributed by atoms with van der Waals surface area (Å²) in [5.41, 5.74) is 5.40. The molecule has 0 amide bonds. The highest BCUT2D eigenvalue weighted by Crippen LogP contribution is 2.19. The minimum atomic E-state index is -4.41. The molecule has 0 aliphatic rings. The van der Waals surface area contributed by atoms with Gasteiger partial charge in [-0.05, 0) is 26.7 Å². The Kier molecular flexibility index (Phi) is 12.1. The first kappa shape index (κ1) is 22.8. The standard InChI is InChI=1S/C17H37NO4S/c1-4-5-6-7-8-9-10-11-12-13-14-16(15-17(2,3)18)22-23(19,20)21/h16H,4-15,18H2,1-3H3,(H,19,20,21). The molecule has 0 saturated heterocycles. The molecule has 0 heterocycles. The molecule has 0 aromatic carbocycles. The molecule has 3 N–H and O–H groups in total. The second kappa shape index (κ2) is 12.2. The molecular formula is C17H37NO4S. The predicted octanol–water partition coefficient (Wildman–Crippen LogP) is 4.61. The predicted molar refractivity (Wildman–Crippen MR) is 95.8 cm³/mol. The Hall–Kier alpha value is -0.170. The molecule has 5 nitrogen and oxygen atoms in total. The molecule has 0 bridgehead atoms. The summed E-state index contributed by atoms with van der Waals surface area (Å²) in [6, 6.07) is 0. The number of hydrogen-bond donors (Lipinski definition) is 2. The van der Waals surface area contributed by atoms with Gasteiger partial charge in [-0.2, -0.15) is 8.42 Å². The van der Waals surface area contributed by atoms with Crippen molar-refractivity contribution in [2.75, 3.05) is 0 Å². The Labute approximate surface area is 143 Å². The highest BCUT2D eigenvalue weighted by atomic mass is 32.3. The summed E-state index contributed by atoms with van der Waals surface area (Å²) >= 11 is 0. The van der Waals surface area contributed by atoms with E-state index in [0.717, 1.165) is 12.8 Å². The maximum absolute atomic E-state index is 10.9. The van der Waals surface area contributed by atoms with Crippen molar-refractivity contribution < 1.29 is 17.2 Å². The Balaban J connectivity index is 3.78. The lowest BCUT2D eigenvalue weighted by Crippen LogP contribution is -2.37. The SMILES string of the molecule is CCCCCCCCCCCCC(CC(C)(C)N)OS(=O)(=O)O. The van der Waals surface area contributed by atoms with Crippen LogP contribution in [0.5, 0.6) is 0 Å². The summed E-state index contributed by atoms with van der Waals surface area (Å²) in [5.74, 6) is 0. The van der Waals surface area contributed by atoms with Crippen LogP contribution in [0.15, 0.2) is 0 Å². The van der Waals surface area contributed by atoms with Crippen LogP contribution >= 0.6 is 0 Å². The zero-order chi connectivity index (χ0) is 17.8. The van der Waals surface area contributed by atoms with Crippen molar-refractivity contribution in [1.82, 2.24) is 0 Å². The van der Waals surface area contributed by atoms with Gasteiger partial charge in [-0.25, -0.2) is 4.18 Å². The molecule has 23 heavy (non-hydrogen) atoms. The first-order valence-electron chi connectivity index (χ1n) is 9.08. The minimum Gasteiger partial charge on any atom is -0.325 e. The molecule has 1 atom stereocenters. The van der Waals surface area contributed by atoms with Crippen LogP contribution in [0.3, 0.4) is 0 Å². The van der Waals surface area contributed by atoms with Crippen LogP contribution < -0.4 is 5.73 Å². The number of rotatable bonds is 15. The molecule has 0 rings (SSSR count). The highest BCUT2D eigenvalue weighted by molar-refractivity contribution is 7.80. The van der Waals surface area contributed by atoms with Crippen molar-refractivity contribution in [3.63, 3.8) is 0 Å². The Bertz CT molecular complexity index is 377. The van der Waals surface area contributed by atoms with E-state index in [1.807, 2.05) is 13.8 Å². The third kappa shape index (κ3) is 18.0. The van der Waals surface area contributed by atoms with Crippen LogP contribution in [-0.4, -0.2) is 24.6 Å². The van der Waals surface area contributed by atoms with Crippen molar-refractivity contribution in [2.24, 2.45) is 5.73 Å². The van der Waals surface area contributed by atoms with Gasteiger partial charge in [0.25, 0.3) is 0 Å². The van der Waals surface area contributed by atoms with Crippen LogP contribution in [0.4, 0.5) is 0 Å². The highest BCUT2D eigenvalue weighted by Gasteiger charge is 2.23. The van der Waals surface area contributed by atoms with Gasteiger partial charge in [0.2, 0.25) is 0 Å². The van der Waals surface area contributed by atoms with E-state index >= 15 is 0 Å². The van der Waals surface area contributed by atoms with E-state index in [2.05, 4.69) is 6.92 Å². The van der Waals surface area contributed by atoms with Crippen molar-refractivity contribution >= 4 is 10.4 Å². The van der Waals surface area contributed by atoms with E-state index in [-0.39, 0.29) is 0 Å². The van der Waals surface area contributed by atoms with Crippen molar-refractivity contribution in [1.29, 1.82) is 0 Å². The van der Waals surface area contributed by atoms with E-state index < -0.39 is 22.0 Å². The Morgan fingerprint density at radius 2 is 1.39 bits per heavy atom. The van der Waals surface area contributed by atoms with E-state index in [4.69, 9.17) is 14.5 Å². The summed E-state index contributed by atoms with van der Waals surface area (Å²) in [5, 5.41) is 0. The van der Waals surface area contributed by atoms with Crippen molar-refractivity contribution in [3.05, 3.63) is 0 Å². The molecular weight excluding hydrogens is 314 g/mol. The van der Waals surface area contributed by atoms with Crippen LogP contribution in [0, 0.1) is 0 Å². The molecule has 140 valence electrons. The fraction of sp³-hybridized carbons (Fsp3) is 1.00. The molecule has 0 aromatic heterocycles.